The van der Waals surface area contributed by atoms with Crippen LogP contribution in [0.2, 0.25) is 0 Å². The first-order chi connectivity index (χ1) is 7.63. The van der Waals surface area contributed by atoms with Gasteiger partial charge in [0.15, 0.2) is 0 Å². The van der Waals surface area contributed by atoms with E-state index in [1.165, 1.54) is 19.3 Å². The molecule has 0 aliphatic heterocycles. The van der Waals surface area contributed by atoms with Gasteiger partial charge in [-0.1, -0.05) is 31.3 Å². The molecule has 0 saturated heterocycles. The Balaban J connectivity index is 2.34. The van der Waals surface area contributed by atoms with E-state index in [1.807, 2.05) is 6.92 Å². The van der Waals surface area contributed by atoms with E-state index >= 15 is 0 Å². The first kappa shape index (κ1) is 13.3. The molecule has 1 aromatic rings. The van der Waals surface area contributed by atoms with Gasteiger partial charge in [0, 0.05) is 6.04 Å². The largest absolute Gasteiger partial charge is 0.406 e. The van der Waals surface area contributed by atoms with Gasteiger partial charge in [0.05, 0.1) is 0 Å². The number of hydrogen-bond donors (Lipinski definition) is 1. The fourth-order valence-corrected chi connectivity index (χ4v) is 1.53. The Morgan fingerprint density at radius 3 is 2.62 bits per heavy atom. The Bertz CT molecular complexity index is 301. The summed E-state index contributed by atoms with van der Waals surface area (Å²) in [5.41, 5.74) is 0. The number of rotatable bonds is 7. The van der Waals surface area contributed by atoms with Crippen molar-refractivity contribution < 1.29 is 4.42 Å². The summed E-state index contributed by atoms with van der Waals surface area (Å²) in [5, 5.41) is 10.7. The van der Waals surface area contributed by atoms with Gasteiger partial charge in [0.25, 0.3) is 0 Å². The second kappa shape index (κ2) is 6.74. The average Bonchev–Trinajstić information content (AvgIpc) is 2.66. The van der Waals surface area contributed by atoms with Gasteiger partial charge < -0.3 is 9.73 Å². The Labute approximate surface area is 102 Å². The van der Waals surface area contributed by atoms with Crippen LogP contribution in [0.15, 0.2) is 4.42 Å². The Kier molecular flexibility index (Phi) is 5.60. The maximum absolute atomic E-state index is 5.83. The summed E-state index contributed by atoms with van der Waals surface area (Å²) in [5.74, 6) is 0.463. The highest BCUT2D eigenvalue weighted by atomic mass is 35.5. The lowest BCUT2D eigenvalue weighted by atomic mass is 10.1. The molecule has 0 aromatic carbocycles. The van der Waals surface area contributed by atoms with Crippen molar-refractivity contribution in [2.75, 3.05) is 5.32 Å². The number of hydrogen-bond acceptors (Lipinski definition) is 4. The minimum Gasteiger partial charge on any atom is -0.406 e. The third-order valence-corrected chi connectivity index (χ3v) is 2.58. The van der Waals surface area contributed by atoms with Crippen LogP contribution in [0, 0.1) is 0 Å². The van der Waals surface area contributed by atoms with Gasteiger partial charge in [0.2, 0.25) is 5.89 Å². The third-order valence-electron chi connectivity index (χ3n) is 2.39. The molecule has 1 N–H and O–H groups in total. The van der Waals surface area contributed by atoms with Gasteiger partial charge in [0.1, 0.15) is 5.38 Å². The molecule has 16 heavy (non-hydrogen) atoms. The molecule has 5 heteroatoms. The van der Waals surface area contributed by atoms with E-state index in [1.54, 1.807) is 0 Å². The average molecular weight is 246 g/mol. The fourth-order valence-electron chi connectivity index (χ4n) is 1.44. The first-order valence-corrected chi connectivity index (χ1v) is 6.31. The van der Waals surface area contributed by atoms with Crippen molar-refractivity contribution >= 4 is 17.6 Å². The topological polar surface area (TPSA) is 51.0 Å². The van der Waals surface area contributed by atoms with E-state index < -0.39 is 0 Å². The van der Waals surface area contributed by atoms with Gasteiger partial charge in [-0.05, 0) is 20.3 Å². The summed E-state index contributed by atoms with van der Waals surface area (Å²) < 4.78 is 5.36. The SMILES string of the molecule is CCCCCC(C)Nc1nnc(C(C)Cl)o1. The zero-order valence-electron chi connectivity index (χ0n) is 10.2. The van der Waals surface area contributed by atoms with Gasteiger partial charge in [-0.3, -0.25) is 0 Å². The molecule has 1 rings (SSSR count). The van der Waals surface area contributed by atoms with Crippen LogP contribution in [0.25, 0.3) is 0 Å². The molecule has 0 amide bonds. The van der Waals surface area contributed by atoms with Crippen LogP contribution < -0.4 is 5.32 Å². The summed E-state index contributed by atoms with van der Waals surface area (Å²) in [6.45, 7) is 6.12. The van der Waals surface area contributed by atoms with Crippen LogP contribution in [-0.4, -0.2) is 16.2 Å². The number of unbranched alkanes of at least 4 members (excludes halogenated alkanes) is 2. The molecule has 0 aliphatic rings. The minimum atomic E-state index is -0.238. The maximum Gasteiger partial charge on any atom is 0.315 e. The molecule has 2 atom stereocenters. The lowest BCUT2D eigenvalue weighted by Gasteiger charge is -2.10. The Morgan fingerprint density at radius 2 is 2.06 bits per heavy atom. The predicted molar refractivity (Wildman–Crippen MR) is 65.8 cm³/mol. The van der Waals surface area contributed by atoms with E-state index in [4.69, 9.17) is 16.0 Å². The molecule has 92 valence electrons. The molecule has 1 heterocycles. The van der Waals surface area contributed by atoms with E-state index in [0.717, 1.165) is 6.42 Å². The van der Waals surface area contributed by atoms with Gasteiger partial charge in [-0.2, -0.15) is 0 Å². The number of anilines is 1. The maximum atomic E-state index is 5.83. The lowest BCUT2D eigenvalue weighted by Crippen LogP contribution is -2.15. The van der Waals surface area contributed by atoms with Crippen molar-refractivity contribution in [2.45, 2.75) is 57.9 Å². The molecule has 0 saturated carbocycles. The molecule has 4 nitrogen and oxygen atoms in total. The molecule has 0 spiro atoms. The number of nitrogens with one attached hydrogen (secondary N) is 1. The molecule has 1 aromatic heterocycles. The zero-order chi connectivity index (χ0) is 12.0. The molecule has 0 aliphatic carbocycles. The molecule has 0 radical (unpaired) electrons. The lowest BCUT2D eigenvalue weighted by molar-refractivity contribution is 0.495. The van der Waals surface area contributed by atoms with E-state index in [9.17, 15) is 0 Å². The number of halogens is 1. The number of nitrogens with zero attached hydrogens (tertiary/aromatic N) is 2. The third kappa shape index (κ3) is 4.39. The van der Waals surface area contributed by atoms with Crippen molar-refractivity contribution in [3.63, 3.8) is 0 Å². The van der Waals surface area contributed by atoms with Crippen LogP contribution >= 0.6 is 11.6 Å². The fraction of sp³-hybridized carbons (Fsp3) is 0.818. The van der Waals surface area contributed by atoms with Crippen molar-refractivity contribution in [3.8, 4) is 0 Å². The summed E-state index contributed by atoms with van der Waals surface area (Å²) in [6.07, 6.45) is 4.83. The molecule has 0 bridgehead atoms. The first-order valence-electron chi connectivity index (χ1n) is 5.87. The van der Waals surface area contributed by atoms with Crippen molar-refractivity contribution in [1.82, 2.24) is 10.2 Å². The summed E-state index contributed by atoms with van der Waals surface area (Å²) in [4.78, 5) is 0. The summed E-state index contributed by atoms with van der Waals surface area (Å²) in [6, 6.07) is 0.817. The second-order valence-corrected chi connectivity index (χ2v) is 4.76. The zero-order valence-corrected chi connectivity index (χ0v) is 10.9. The molecular weight excluding hydrogens is 226 g/mol. The van der Waals surface area contributed by atoms with Crippen molar-refractivity contribution in [3.05, 3.63) is 5.89 Å². The second-order valence-electron chi connectivity index (χ2n) is 4.10. The highest BCUT2D eigenvalue weighted by Gasteiger charge is 2.12. The standard InChI is InChI=1S/C11H20ClN3O/c1-4-5-6-7-8(2)13-11-15-14-10(16-11)9(3)12/h8-9H,4-7H2,1-3H3,(H,13,15). The smallest absolute Gasteiger partial charge is 0.315 e. The van der Waals surface area contributed by atoms with Gasteiger partial charge >= 0.3 is 6.01 Å². The van der Waals surface area contributed by atoms with Crippen LogP contribution in [0.3, 0.4) is 0 Å². The van der Waals surface area contributed by atoms with Gasteiger partial charge in [-0.15, -0.1) is 16.7 Å². The highest BCUT2D eigenvalue weighted by Crippen LogP contribution is 2.20. The Hall–Kier alpha value is -0.770. The van der Waals surface area contributed by atoms with Crippen molar-refractivity contribution in [1.29, 1.82) is 0 Å². The normalized spacial score (nSPS) is 14.8. The highest BCUT2D eigenvalue weighted by molar-refractivity contribution is 6.20. The monoisotopic (exact) mass is 245 g/mol. The van der Waals surface area contributed by atoms with E-state index in [0.29, 0.717) is 17.9 Å². The number of alkyl halides is 1. The number of aromatic nitrogens is 2. The van der Waals surface area contributed by atoms with Crippen molar-refractivity contribution in [2.24, 2.45) is 0 Å². The van der Waals surface area contributed by atoms with Crippen LogP contribution in [0.1, 0.15) is 57.7 Å². The van der Waals surface area contributed by atoms with Crippen LogP contribution in [0.4, 0.5) is 6.01 Å². The minimum absolute atomic E-state index is 0.238. The Morgan fingerprint density at radius 1 is 1.31 bits per heavy atom. The predicted octanol–water partition coefficient (Wildman–Crippen LogP) is 3.75. The van der Waals surface area contributed by atoms with E-state index in [-0.39, 0.29) is 5.38 Å². The molecular formula is C11H20ClN3O. The quantitative estimate of drug-likeness (QED) is 0.587. The van der Waals surface area contributed by atoms with Gasteiger partial charge in [-0.25, -0.2) is 0 Å². The van der Waals surface area contributed by atoms with E-state index in [2.05, 4.69) is 29.4 Å². The molecule has 2 unspecified atom stereocenters. The molecule has 0 fully saturated rings. The van der Waals surface area contributed by atoms with Crippen LogP contribution in [-0.2, 0) is 0 Å². The van der Waals surface area contributed by atoms with Crippen LogP contribution in [0.5, 0.6) is 0 Å². The summed E-state index contributed by atoms with van der Waals surface area (Å²) in [7, 11) is 0. The summed E-state index contributed by atoms with van der Waals surface area (Å²) >= 11 is 5.83.